The average molecular weight is 311 g/mol. The summed E-state index contributed by atoms with van der Waals surface area (Å²) in [6, 6.07) is 5.71. The zero-order valence-electron chi connectivity index (χ0n) is 12.3. The molecule has 1 aromatic carbocycles. The van der Waals surface area contributed by atoms with E-state index < -0.39 is 6.10 Å². The number of H-pyrrole nitrogens is 1. The van der Waals surface area contributed by atoms with E-state index in [-0.39, 0.29) is 0 Å². The molecule has 0 aliphatic rings. The van der Waals surface area contributed by atoms with Gasteiger partial charge in [-0.25, -0.2) is 4.98 Å². The predicted octanol–water partition coefficient (Wildman–Crippen LogP) is 1.26. The van der Waals surface area contributed by atoms with E-state index in [1.54, 1.807) is 14.2 Å². The second-order valence-electron chi connectivity index (χ2n) is 4.59. The number of methoxy groups -OCH3 is 2. The standard InChI is InChI=1S/C14H21N3O3S/c1-19-6-5-15-8-10(18)9-21-14-16-12-4-3-11(20-2)7-13(12)17-14/h3-4,7,10,15,18H,5-6,8-9H2,1-2H3,(H,16,17). The van der Waals surface area contributed by atoms with Crippen LogP contribution in [-0.4, -0.2) is 60.8 Å². The van der Waals surface area contributed by atoms with Gasteiger partial charge in [0.05, 0.1) is 30.9 Å². The van der Waals surface area contributed by atoms with Gasteiger partial charge in [-0.05, 0) is 12.1 Å². The van der Waals surface area contributed by atoms with Crippen LogP contribution in [0.15, 0.2) is 23.4 Å². The lowest BCUT2D eigenvalue weighted by molar-refractivity contribution is 0.175. The number of rotatable bonds is 9. The van der Waals surface area contributed by atoms with Crippen LogP contribution in [0.1, 0.15) is 0 Å². The number of aromatic nitrogens is 2. The first kappa shape index (κ1) is 16.1. The molecule has 2 aromatic rings. The lowest BCUT2D eigenvalue weighted by Crippen LogP contribution is -2.30. The third-order valence-electron chi connectivity index (χ3n) is 2.94. The summed E-state index contributed by atoms with van der Waals surface area (Å²) in [5, 5.41) is 13.8. The Morgan fingerprint density at radius 2 is 2.29 bits per heavy atom. The Hall–Kier alpha value is -1.28. The maximum Gasteiger partial charge on any atom is 0.166 e. The molecule has 0 radical (unpaired) electrons. The van der Waals surface area contributed by atoms with E-state index in [0.717, 1.165) is 28.5 Å². The topological polar surface area (TPSA) is 79.4 Å². The van der Waals surface area contributed by atoms with Crippen molar-refractivity contribution in [2.45, 2.75) is 11.3 Å². The molecular weight excluding hydrogens is 290 g/mol. The molecule has 0 aliphatic heterocycles. The number of hydrogen-bond acceptors (Lipinski definition) is 6. The molecule has 0 saturated heterocycles. The fourth-order valence-corrected chi connectivity index (χ4v) is 2.65. The molecule has 2 rings (SSSR count). The first-order chi connectivity index (χ1) is 10.2. The van der Waals surface area contributed by atoms with Gasteiger partial charge in [0.15, 0.2) is 5.16 Å². The number of aliphatic hydroxyl groups is 1. The molecule has 0 amide bonds. The lowest BCUT2D eigenvalue weighted by Gasteiger charge is -2.10. The van der Waals surface area contributed by atoms with Crippen molar-refractivity contribution in [1.29, 1.82) is 0 Å². The largest absolute Gasteiger partial charge is 0.497 e. The van der Waals surface area contributed by atoms with Crippen LogP contribution >= 0.6 is 11.8 Å². The highest BCUT2D eigenvalue weighted by molar-refractivity contribution is 7.99. The molecule has 0 fully saturated rings. The van der Waals surface area contributed by atoms with E-state index >= 15 is 0 Å². The van der Waals surface area contributed by atoms with Gasteiger partial charge in [-0.3, -0.25) is 0 Å². The average Bonchev–Trinajstić information content (AvgIpc) is 2.91. The van der Waals surface area contributed by atoms with Crippen molar-refractivity contribution in [3.05, 3.63) is 18.2 Å². The normalized spacial score (nSPS) is 12.7. The van der Waals surface area contributed by atoms with Crippen molar-refractivity contribution in [1.82, 2.24) is 15.3 Å². The quantitative estimate of drug-likeness (QED) is 0.478. The van der Waals surface area contributed by atoms with Gasteiger partial charge in [-0.1, -0.05) is 11.8 Å². The number of nitrogens with zero attached hydrogens (tertiary/aromatic N) is 1. The second-order valence-corrected chi connectivity index (χ2v) is 5.60. The van der Waals surface area contributed by atoms with Crippen molar-refractivity contribution < 1.29 is 14.6 Å². The molecule has 0 aliphatic carbocycles. The predicted molar refractivity (Wildman–Crippen MR) is 84.1 cm³/mol. The zero-order chi connectivity index (χ0) is 15.1. The second kappa shape index (κ2) is 8.23. The Morgan fingerprint density at radius 1 is 1.43 bits per heavy atom. The van der Waals surface area contributed by atoms with Crippen LogP contribution in [0.4, 0.5) is 0 Å². The van der Waals surface area contributed by atoms with Crippen molar-refractivity contribution in [2.24, 2.45) is 0 Å². The van der Waals surface area contributed by atoms with Gasteiger partial charge in [-0.15, -0.1) is 0 Å². The van der Waals surface area contributed by atoms with Crippen LogP contribution in [0.25, 0.3) is 11.0 Å². The molecule has 3 N–H and O–H groups in total. The van der Waals surface area contributed by atoms with E-state index in [1.807, 2.05) is 18.2 Å². The zero-order valence-corrected chi connectivity index (χ0v) is 13.1. The molecule has 1 aromatic heterocycles. The van der Waals surface area contributed by atoms with Crippen molar-refractivity contribution >= 4 is 22.8 Å². The minimum absolute atomic E-state index is 0.422. The van der Waals surface area contributed by atoms with Gasteiger partial charge in [-0.2, -0.15) is 0 Å². The van der Waals surface area contributed by atoms with E-state index in [4.69, 9.17) is 9.47 Å². The molecule has 0 bridgehead atoms. The molecule has 21 heavy (non-hydrogen) atoms. The highest BCUT2D eigenvalue weighted by atomic mass is 32.2. The van der Waals surface area contributed by atoms with E-state index in [0.29, 0.717) is 18.9 Å². The number of fused-ring (bicyclic) bond motifs is 1. The number of hydrogen-bond donors (Lipinski definition) is 3. The van der Waals surface area contributed by atoms with Gasteiger partial charge in [0.1, 0.15) is 5.75 Å². The molecule has 6 nitrogen and oxygen atoms in total. The monoisotopic (exact) mass is 311 g/mol. The minimum atomic E-state index is -0.422. The fourth-order valence-electron chi connectivity index (χ4n) is 1.84. The third kappa shape index (κ3) is 4.89. The summed E-state index contributed by atoms with van der Waals surface area (Å²) in [6.45, 7) is 1.93. The molecule has 116 valence electrons. The van der Waals surface area contributed by atoms with Crippen LogP contribution in [-0.2, 0) is 4.74 Å². The summed E-state index contributed by atoms with van der Waals surface area (Å²) >= 11 is 1.50. The van der Waals surface area contributed by atoms with E-state index in [9.17, 15) is 5.11 Å². The minimum Gasteiger partial charge on any atom is -0.497 e. The highest BCUT2D eigenvalue weighted by Gasteiger charge is 2.08. The number of aliphatic hydroxyl groups excluding tert-OH is 1. The lowest BCUT2D eigenvalue weighted by atomic mass is 10.3. The Labute approximate surface area is 128 Å². The number of ether oxygens (including phenoxy) is 2. The Bertz CT molecular complexity index is 561. The van der Waals surface area contributed by atoms with Gasteiger partial charge >= 0.3 is 0 Å². The Balaban J connectivity index is 1.82. The first-order valence-corrected chi connectivity index (χ1v) is 7.75. The van der Waals surface area contributed by atoms with E-state index in [2.05, 4.69) is 15.3 Å². The summed E-state index contributed by atoms with van der Waals surface area (Å²) in [6.07, 6.45) is -0.422. The third-order valence-corrected chi connectivity index (χ3v) is 3.96. The van der Waals surface area contributed by atoms with Crippen molar-refractivity contribution in [2.75, 3.05) is 39.7 Å². The summed E-state index contributed by atoms with van der Waals surface area (Å²) in [5.41, 5.74) is 1.83. The molecule has 1 unspecified atom stereocenters. The van der Waals surface area contributed by atoms with Crippen LogP contribution in [0.2, 0.25) is 0 Å². The van der Waals surface area contributed by atoms with Crippen LogP contribution in [0.5, 0.6) is 5.75 Å². The smallest absolute Gasteiger partial charge is 0.166 e. The molecular formula is C14H21N3O3S. The maximum absolute atomic E-state index is 9.88. The SMILES string of the molecule is COCCNCC(O)CSc1nc2ccc(OC)cc2[nH]1. The molecule has 0 spiro atoms. The van der Waals surface area contributed by atoms with Crippen LogP contribution in [0, 0.1) is 0 Å². The number of nitrogens with one attached hydrogen (secondary N) is 2. The molecule has 1 heterocycles. The number of benzene rings is 1. The van der Waals surface area contributed by atoms with Gasteiger partial charge < -0.3 is 24.9 Å². The molecule has 1 atom stereocenters. The Kier molecular flexibility index (Phi) is 6.31. The summed E-state index contributed by atoms with van der Waals surface area (Å²) in [7, 11) is 3.30. The molecule has 0 saturated carbocycles. The van der Waals surface area contributed by atoms with Crippen molar-refractivity contribution in [3.8, 4) is 5.75 Å². The maximum atomic E-state index is 9.88. The van der Waals surface area contributed by atoms with Crippen LogP contribution in [0.3, 0.4) is 0 Å². The van der Waals surface area contributed by atoms with Crippen molar-refractivity contribution in [3.63, 3.8) is 0 Å². The summed E-state index contributed by atoms with van der Waals surface area (Å²) in [4.78, 5) is 7.69. The van der Waals surface area contributed by atoms with Gasteiger partial charge in [0.25, 0.3) is 0 Å². The number of thioether (sulfide) groups is 1. The summed E-state index contributed by atoms with van der Waals surface area (Å²) in [5.74, 6) is 1.38. The summed E-state index contributed by atoms with van der Waals surface area (Å²) < 4.78 is 10.1. The van der Waals surface area contributed by atoms with Crippen LogP contribution < -0.4 is 10.1 Å². The number of aromatic amines is 1. The van der Waals surface area contributed by atoms with Gasteiger partial charge in [0.2, 0.25) is 0 Å². The fraction of sp³-hybridized carbons (Fsp3) is 0.500. The highest BCUT2D eigenvalue weighted by Crippen LogP contribution is 2.23. The number of imidazole rings is 1. The van der Waals surface area contributed by atoms with Gasteiger partial charge in [0, 0.05) is 32.0 Å². The Morgan fingerprint density at radius 3 is 3.05 bits per heavy atom. The first-order valence-electron chi connectivity index (χ1n) is 6.77. The molecule has 7 heteroatoms. The van der Waals surface area contributed by atoms with E-state index in [1.165, 1.54) is 11.8 Å².